The van der Waals surface area contributed by atoms with Crippen LogP contribution in [0, 0.1) is 0 Å². The van der Waals surface area contributed by atoms with Gasteiger partial charge in [-0.05, 0) is 116 Å². The third kappa shape index (κ3) is 9.30. The first kappa shape index (κ1) is 45.8. The van der Waals surface area contributed by atoms with Crippen molar-refractivity contribution in [3.05, 3.63) is 0 Å². The van der Waals surface area contributed by atoms with Gasteiger partial charge in [-0.25, -0.2) is 0 Å². The molecule has 1 aliphatic heterocycles. The lowest BCUT2D eigenvalue weighted by Gasteiger charge is -2.65. The van der Waals surface area contributed by atoms with Gasteiger partial charge in [0, 0.05) is 44.3 Å². The zero-order valence-electron chi connectivity index (χ0n) is 38.1. The molecular formula is C48H88O7SSi4. The molecule has 9 aliphatic rings. The number of hydrogen-bond acceptors (Lipinski definition) is 6. The van der Waals surface area contributed by atoms with Crippen molar-refractivity contribution in [3.8, 4) is 0 Å². The Bertz CT molecular complexity index is 1340. The summed E-state index contributed by atoms with van der Waals surface area (Å²) in [6.07, 6.45) is 48.2. The minimum Gasteiger partial charge on any atom is -0.415 e. The Morgan fingerprint density at radius 3 is 0.600 bits per heavy atom. The fourth-order valence-electron chi connectivity index (χ4n) is 16.0. The monoisotopic (exact) mass is 921 g/mol. The molecule has 9 rings (SSSR count). The SMILES string of the molecule is O=S(=O)(O)C1CCC([Si]2(C3CCCCC3)O[Si](C3CCCCC3)(C3CCCCC3)O[Si](C3CCCCC3)(C3CCCCC3)O[Si](C3CCCCC3)(C3CCCCC3)O2)CC1. The highest BCUT2D eigenvalue weighted by Gasteiger charge is 2.74. The van der Waals surface area contributed by atoms with Gasteiger partial charge >= 0.3 is 34.2 Å². The molecule has 0 spiro atoms. The molecule has 0 aromatic carbocycles. The highest BCUT2D eigenvalue weighted by atomic mass is 32.2. The highest BCUT2D eigenvalue weighted by Crippen LogP contribution is 2.66. The van der Waals surface area contributed by atoms with Gasteiger partial charge in [0.05, 0.1) is 5.25 Å². The Labute approximate surface area is 371 Å². The van der Waals surface area contributed by atoms with Crippen molar-refractivity contribution < 1.29 is 29.4 Å². The molecule has 0 amide bonds. The Balaban J connectivity index is 1.31. The first-order valence-corrected chi connectivity index (χ1v) is 36.4. The molecule has 344 valence electrons. The first-order chi connectivity index (χ1) is 29.3. The second-order valence-electron chi connectivity index (χ2n) is 22.6. The van der Waals surface area contributed by atoms with Crippen LogP contribution in [0.1, 0.15) is 250 Å². The lowest BCUT2D eigenvalue weighted by Crippen LogP contribution is -2.77. The Morgan fingerprint density at radius 2 is 0.433 bits per heavy atom. The van der Waals surface area contributed by atoms with E-state index in [9.17, 15) is 29.4 Å². The molecule has 12 heteroatoms. The van der Waals surface area contributed by atoms with Gasteiger partial charge in [0.25, 0.3) is 10.1 Å². The molecule has 8 saturated carbocycles. The van der Waals surface area contributed by atoms with Crippen LogP contribution in [0.3, 0.4) is 0 Å². The van der Waals surface area contributed by atoms with Crippen LogP contribution in [0.2, 0.25) is 44.3 Å². The quantitative estimate of drug-likeness (QED) is 0.182. The molecule has 1 saturated heterocycles. The molecular weight excluding hydrogens is 833 g/mol. The van der Waals surface area contributed by atoms with Crippen LogP contribution in [0.15, 0.2) is 0 Å². The summed E-state index contributed by atoms with van der Waals surface area (Å²) in [5.41, 5.74) is 3.88. The van der Waals surface area contributed by atoms with E-state index < -0.39 is 49.6 Å². The van der Waals surface area contributed by atoms with Crippen LogP contribution in [-0.2, 0) is 26.6 Å². The fourth-order valence-corrected chi connectivity index (χ4v) is 50.0. The first-order valence-electron chi connectivity index (χ1n) is 27.0. The minimum absolute atomic E-state index is 0.252. The van der Waals surface area contributed by atoms with Crippen molar-refractivity contribution in [1.29, 1.82) is 0 Å². The molecule has 7 nitrogen and oxygen atoms in total. The Hall–Kier alpha value is 0.618. The second-order valence-corrected chi connectivity index (χ2v) is 39.9. The van der Waals surface area contributed by atoms with E-state index in [2.05, 4.69) is 0 Å². The zero-order chi connectivity index (χ0) is 41.1. The molecule has 0 aromatic rings. The van der Waals surface area contributed by atoms with Crippen molar-refractivity contribution in [2.24, 2.45) is 0 Å². The highest BCUT2D eigenvalue weighted by molar-refractivity contribution is 7.86. The molecule has 0 atom stereocenters. The maximum atomic E-state index is 12.8. The van der Waals surface area contributed by atoms with Gasteiger partial charge in [0.15, 0.2) is 0 Å². The third-order valence-electron chi connectivity index (χ3n) is 19.2. The lowest BCUT2D eigenvalue weighted by atomic mass is 9.99. The van der Waals surface area contributed by atoms with Crippen molar-refractivity contribution >= 4 is 44.4 Å². The lowest BCUT2D eigenvalue weighted by molar-refractivity contribution is 0.133. The van der Waals surface area contributed by atoms with Crippen molar-refractivity contribution in [2.45, 2.75) is 300 Å². The van der Waals surface area contributed by atoms with Crippen LogP contribution < -0.4 is 0 Å². The summed E-state index contributed by atoms with van der Waals surface area (Å²) in [5, 5.41) is -0.651. The van der Waals surface area contributed by atoms with Gasteiger partial charge in [-0.3, -0.25) is 4.55 Å². The van der Waals surface area contributed by atoms with E-state index in [-0.39, 0.29) is 5.54 Å². The molecule has 1 N–H and O–H groups in total. The van der Waals surface area contributed by atoms with Crippen LogP contribution in [0.25, 0.3) is 0 Å². The standard InChI is InChI=1S/C48H88O7SSi4/c49-56(50,51)40-36-38-48(39-37-40)60(47-34-20-7-21-35-47)54-58(43-26-12-3-13-27-43,44-28-14-4-15-29-44)52-57(41-22-8-1-9-23-41,42-24-10-2-11-25-42)53-59(55-60,45-30-16-5-17-31-45)46-32-18-6-19-33-46/h40-48H,1-39H2,(H,49,50,51). The number of rotatable bonds is 9. The van der Waals surface area contributed by atoms with Crippen LogP contribution >= 0.6 is 0 Å². The zero-order valence-corrected chi connectivity index (χ0v) is 42.9. The summed E-state index contributed by atoms with van der Waals surface area (Å²) in [6.45, 7) is 0. The Kier molecular flexibility index (Phi) is 15.4. The van der Waals surface area contributed by atoms with Gasteiger partial charge in [-0.1, -0.05) is 135 Å². The molecule has 1 heterocycles. The van der Waals surface area contributed by atoms with Gasteiger partial charge in [-0.15, -0.1) is 0 Å². The van der Waals surface area contributed by atoms with Crippen molar-refractivity contribution in [1.82, 2.24) is 0 Å². The summed E-state index contributed by atoms with van der Waals surface area (Å²) < 4.78 is 73.1. The van der Waals surface area contributed by atoms with Gasteiger partial charge in [0.1, 0.15) is 0 Å². The maximum absolute atomic E-state index is 12.8. The van der Waals surface area contributed by atoms with E-state index >= 15 is 0 Å². The molecule has 0 radical (unpaired) electrons. The molecule has 0 aromatic heterocycles. The average molecular weight is 922 g/mol. The van der Waals surface area contributed by atoms with E-state index in [0.717, 1.165) is 12.8 Å². The van der Waals surface area contributed by atoms with E-state index in [0.29, 0.717) is 51.6 Å². The smallest absolute Gasteiger partial charge is 0.327 e. The van der Waals surface area contributed by atoms with E-state index in [4.69, 9.17) is 0 Å². The average Bonchev–Trinajstić information content (AvgIpc) is 3.31. The summed E-state index contributed by atoms with van der Waals surface area (Å²) >= 11 is 0. The van der Waals surface area contributed by atoms with Crippen LogP contribution in [0.5, 0.6) is 0 Å². The topological polar surface area (TPSA) is 91.3 Å². The largest absolute Gasteiger partial charge is 0.415 e. The van der Waals surface area contributed by atoms with Crippen molar-refractivity contribution in [3.63, 3.8) is 0 Å². The van der Waals surface area contributed by atoms with E-state index in [1.807, 2.05) is 0 Å². The van der Waals surface area contributed by atoms with Gasteiger partial charge in [0.2, 0.25) is 0 Å². The van der Waals surface area contributed by atoms with Crippen LogP contribution in [-0.4, -0.2) is 52.5 Å². The van der Waals surface area contributed by atoms with Crippen LogP contribution in [0.4, 0.5) is 0 Å². The number of hydrogen-bond donors (Lipinski definition) is 1. The summed E-state index contributed by atoms with van der Waals surface area (Å²) in [4.78, 5) is 0. The second kappa shape index (κ2) is 20.2. The van der Waals surface area contributed by atoms with E-state index in [1.54, 1.807) is 0 Å². The normalized spacial score (nSPS) is 34.4. The minimum atomic E-state index is -4.08. The van der Waals surface area contributed by atoms with Crippen molar-refractivity contribution in [2.75, 3.05) is 0 Å². The predicted molar refractivity (Wildman–Crippen MR) is 253 cm³/mol. The van der Waals surface area contributed by atoms with E-state index in [1.165, 1.54) is 225 Å². The Morgan fingerprint density at radius 1 is 0.267 bits per heavy atom. The molecule has 0 bridgehead atoms. The molecule has 8 aliphatic carbocycles. The summed E-state index contributed by atoms with van der Waals surface area (Å²) in [6, 6.07) is 0. The molecule has 9 fully saturated rings. The van der Waals surface area contributed by atoms with Gasteiger partial charge in [-0.2, -0.15) is 8.42 Å². The fraction of sp³-hybridized carbons (Fsp3) is 1.00. The maximum Gasteiger partial charge on any atom is 0.327 e. The summed E-state index contributed by atoms with van der Waals surface area (Å²) in [5.74, 6) is 0. The molecule has 0 unspecified atom stereocenters. The molecule has 60 heavy (non-hydrogen) atoms. The summed E-state index contributed by atoms with van der Waals surface area (Å²) in [7, 11) is -16.4. The predicted octanol–water partition coefficient (Wildman–Crippen LogP) is 15.4. The third-order valence-corrected chi connectivity index (χ3v) is 44.4. The van der Waals surface area contributed by atoms with Gasteiger partial charge < -0.3 is 16.5 Å².